The minimum Gasteiger partial charge on any atom is -0.338 e. The van der Waals surface area contributed by atoms with Crippen LogP contribution in [0.2, 0.25) is 0 Å². The van der Waals surface area contributed by atoms with Gasteiger partial charge < -0.3 is 9.88 Å². The molecule has 4 aromatic carbocycles. The van der Waals surface area contributed by atoms with E-state index >= 15 is 0 Å². The molecular weight excluding hydrogens is 705 g/mol. The lowest BCUT2D eigenvalue weighted by Crippen LogP contribution is -2.33. The Labute approximate surface area is 349 Å². The minimum atomic E-state index is -0.284. The predicted molar refractivity (Wildman–Crippen MR) is 245 cm³/mol. The zero-order chi connectivity index (χ0) is 41.0. The van der Waals surface area contributed by atoms with Crippen molar-refractivity contribution >= 4 is 29.8 Å². The van der Waals surface area contributed by atoms with Crippen LogP contribution in [0.4, 0.5) is 0 Å². The number of carbonyl (C=O) groups is 1. The summed E-state index contributed by atoms with van der Waals surface area (Å²) >= 11 is 0. The Balaban J connectivity index is 0.000000224. The quantitative estimate of drug-likeness (QED) is 0.141. The van der Waals surface area contributed by atoms with E-state index in [1.54, 1.807) is 0 Å². The molecule has 3 aliphatic rings. The smallest absolute Gasteiger partial charge is 0.252 e. The average molecular weight is 771 g/mol. The summed E-state index contributed by atoms with van der Waals surface area (Å²) in [4.78, 5) is 11.8. The zero-order valence-corrected chi connectivity index (χ0v) is 36.0. The standard InChI is InChI=1S/C38H53N.C17H13NO/c1-8-38(6,7)34-18-11-30(12-19-34)23-31-13-20-35(21-14-31)39-27(4)36-22-15-32(25-37(36)28(39)5)24-29-9-16-33(17-10-29)26(2)3;1-2-16-14-9-8-13(11-15(14)17(19)18-16)10-12-6-4-3-5-7-12/h9-10,15-17,22,25-26,30-31,34-35H,4-5,8,11-14,18-21,23-24H2,1-3,6-7H3;1,3-9,11,16H,10H2,(H,18,19). The third-order valence-electron chi connectivity index (χ3n) is 14.4. The molecule has 1 atom stereocenters. The number of hydrogen-bond donors (Lipinski definition) is 1. The number of nitrogens with zero attached hydrogens (tertiary/aromatic N) is 1. The molecule has 2 fully saturated rings. The second kappa shape index (κ2) is 18.0. The van der Waals surface area contributed by atoms with Gasteiger partial charge in [0.1, 0.15) is 6.04 Å². The number of fused-ring (bicyclic) bond motifs is 2. The first-order chi connectivity index (χ1) is 27.9. The number of carbonyl (C=O) groups excluding carboxylic acids is 1. The van der Waals surface area contributed by atoms with Gasteiger partial charge in [-0.3, -0.25) is 4.79 Å². The van der Waals surface area contributed by atoms with Crippen molar-refractivity contribution in [1.82, 2.24) is 9.88 Å². The number of aromatic nitrogens is 1. The van der Waals surface area contributed by atoms with Crippen LogP contribution in [0.5, 0.6) is 0 Å². The van der Waals surface area contributed by atoms with E-state index in [9.17, 15) is 4.79 Å². The fraction of sp³-hybridized carbons (Fsp3) is 0.436. The van der Waals surface area contributed by atoms with Gasteiger partial charge in [-0.05, 0) is 132 Å². The van der Waals surface area contributed by atoms with Crippen molar-refractivity contribution in [2.45, 2.75) is 130 Å². The molecule has 1 aliphatic heterocycles. The molecule has 302 valence electrons. The van der Waals surface area contributed by atoms with Crippen molar-refractivity contribution < 1.29 is 4.79 Å². The fourth-order valence-electron chi connectivity index (χ4n) is 10.3. The molecule has 2 saturated carbocycles. The molecule has 0 saturated heterocycles. The number of terminal acetylenes is 1. The molecule has 1 N–H and O–H groups in total. The molecule has 1 amide bonds. The highest BCUT2D eigenvalue weighted by Crippen LogP contribution is 2.45. The molecular formula is C55H66N2O. The molecule has 0 bridgehead atoms. The second-order valence-corrected chi connectivity index (χ2v) is 18.8. The summed E-state index contributed by atoms with van der Waals surface area (Å²) < 4.78 is 2.50. The summed E-state index contributed by atoms with van der Waals surface area (Å²) in [7, 11) is 0. The normalized spacial score (nSPS) is 21.9. The van der Waals surface area contributed by atoms with Crippen LogP contribution in [-0.2, 0) is 12.8 Å². The Morgan fingerprint density at radius 2 is 1.31 bits per heavy atom. The maximum Gasteiger partial charge on any atom is 0.252 e. The molecule has 3 nitrogen and oxygen atoms in total. The molecule has 3 heteroatoms. The maximum atomic E-state index is 11.8. The van der Waals surface area contributed by atoms with Crippen molar-refractivity contribution in [2.75, 3.05) is 0 Å². The van der Waals surface area contributed by atoms with Crippen molar-refractivity contribution in [3.8, 4) is 12.3 Å². The van der Waals surface area contributed by atoms with Gasteiger partial charge in [0.2, 0.25) is 0 Å². The van der Waals surface area contributed by atoms with Crippen molar-refractivity contribution in [3.63, 3.8) is 0 Å². The zero-order valence-electron chi connectivity index (χ0n) is 36.0. The Hall–Kier alpha value is -4.81. The van der Waals surface area contributed by atoms with Crippen LogP contribution < -0.4 is 16.0 Å². The van der Waals surface area contributed by atoms with E-state index in [2.05, 4.69) is 118 Å². The Morgan fingerprint density at radius 3 is 1.93 bits per heavy atom. The maximum absolute atomic E-state index is 11.8. The first-order valence-electron chi connectivity index (χ1n) is 22.3. The van der Waals surface area contributed by atoms with Crippen molar-refractivity contribution in [1.29, 1.82) is 0 Å². The molecule has 2 heterocycles. The Bertz CT molecular complexity index is 2320. The SMILES string of the molecule is C#CC1NC(=O)c2cc(Cc3ccccc3)ccc21.C=c1c2ccc(Cc3ccc(C(C)C)cc3)cc2c(=C)n1C1CCC(CC2CCC(C(C)(C)CC)CC2)CC1. The van der Waals surface area contributed by atoms with E-state index in [1.165, 1.54) is 108 Å². The van der Waals surface area contributed by atoms with E-state index < -0.39 is 0 Å². The molecule has 58 heavy (non-hydrogen) atoms. The average Bonchev–Trinajstić information content (AvgIpc) is 3.69. The van der Waals surface area contributed by atoms with Crippen LogP contribution >= 0.6 is 0 Å². The van der Waals surface area contributed by atoms with E-state index in [0.717, 1.165) is 41.7 Å². The van der Waals surface area contributed by atoms with Gasteiger partial charge in [-0.15, -0.1) is 6.42 Å². The van der Waals surface area contributed by atoms with Gasteiger partial charge in [0, 0.05) is 33.1 Å². The Kier molecular flexibility index (Phi) is 12.8. The highest BCUT2D eigenvalue weighted by atomic mass is 16.2. The van der Waals surface area contributed by atoms with Gasteiger partial charge >= 0.3 is 0 Å². The molecule has 5 aromatic rings. The van der Waals surface area contributed by atoms with E-state index in [4.69, 9.17) is 6.42 Å². The van der Waals surface area contributed by atoms with Crippen LogP contribution in [0.1, 0.15) is 161 Å². The van der Waals surface area contributed by atoms with Crippen LogP contribution in [0.15, 0.2) is 91.0 Å². The van der Waals surface area contributed by atoms with Gasteiger partial charge in [0.05, 0.1) is 0 Å². The third-order valence-corrected chi connectivity index (χ3v) is 14.4. The third kappa shape index (κ3) is 9.23. The van der Waals surface area contributed by atoms with Crippen molar-refractivity contribution in [2.24, 2.45) is 23.2 Å². The molecule has 2 aliphatic carbocycles. The van der Waals surface area contributed by atoms with E-state index in [1.807, 2.05) is 36.4 Å². The highest BCUT2D eigenvalue weighted by molar-refractivity contribution is 5.99. The lowest BCUT2D eigenvalue weighted by atomic mass is 9.66. The predicted octanol–water partition coefficient (Wildman–Crippen LogP) is 12.2. The number of nitrogens with one attached hydrogen (secondary N) is 1. The molecule has 0 radical (unpaired) electrons. The Morgan fingerprint density at radius 1 is 0.741 bits per heavy atom. The summed E-state index contributed by atoms with van der Waals surface area (Å²) in [5.41, 5.74) is 8.64. The summed E-state index contributed by atoms with van der Waals surface area (Å²) in [5.74, 6) is 5.91. The molecule has 1 aromatic heterocycles. The number of amides is 1. The highest BCUT2D eigenvalue weighted by Gasteiger charge is 2.33. The van der Waals surface area contributed by atoms with Gasteiger partial charge in [0.25, 0.3) is 5.91 Å². The lowest BCUT2D eigenvalue weighted by molar-refractivity contribution is 0.0962. The summed E-state index contributed by atoms with van der Waals surface area (Å²) in [6.07, 6.45) is 21.1. The number of rotatable bonds is 10. The van der Waals surface area contributed by atoms with Gasteiger partial charge in [-0.2, -0.15) is 0 Å². The van der Waals surface area contributed by atoms with Gasteiger partial charge in [0.15, 0.2) is 0 Å². The number of benzene rings is 4. The van der Waals surface area contributed by atoms with Crippen LogP contribution in [-0.4, -0.2) is 10.5 Å². The molecule has 0 spiro atoms. The summed E-state index contributed by atoms with van der Waals surface area (Å²) in [6, 6.07) is 32.5. The topological polar surface area (TPSA) is 34.0 Å². The van der Waals surface area contributed by atoms with E-state index in [-0.39, 0.29) is 11.9 Å². The largest absolute Gasteiger partial charge is 0.338 e. The summed E-state index contributed by atoms with van der Waals surface area (Å²) in [5, 5.41) is 7.71. The van der Waals surface area contributed by atoms with Gasteiger partial charge in [-0.25, -0.2) is 0 Å². The van der Waals surface area contributed by atoms with E-state index in [0.29, 0.717) is 22.9 Å². The van der Waals surface area contributed by atoms with Gasteiger partial charge in [-0.1, -0.05) is 152 Å². The molecule has 1 unspecified atom stereocenters. The first-order valence-corrected chi connectivity index (χ1v) is 22.3. The van der Waals surface area contributed by atoms with Crippen LogP contribution in [0, 0.1) is 35.5 Å². The first kappa shape index (κ1) is 41.4. The summed E-state index contributed by atoms with van der Waals surface area (Å²) in [6.45, 7) is 21.0. The minimum absolute atomic E-state index is 0.0761. The van der Waals surface area contributed by atoms with Crippen molar-refractivity contribution in [3.05, 3.63) is 141 Å². The fourth-order valence-corrected chi connectivity index (χ4v) is 10.3. The van der Waals surface area contributed by atoms with Crippen LogP contribution in [0.25, 0.3) is 23.9 Å². The van der Waals surface area contributed by atoms with Crippen LogP contribution in [0.3, 0.4) is 0 Å². The number of hydrogen-bond acceptors (Lipinski definition) is 1. The lowest BCUT2D eigenvalue weighted by Gasteiger charge is -2.40. The second-order valence-electron chi connectivity index (χ2n) is 18.8. The molecule has 8 rings (SSSR count). The monoisotopic (exact) mass is 771 g/mol.